The summed E-state index contributed by atoms with van der Waals surface area (Å²) in [6.07, 6.45) is 0. The molecule has 29 heavy (non-hydrogen) atoms. The van der Waals surface area contributed by atoms with E-state index in [4.69, 9.17) is 20.8 Å². The van der Waals surface area contributed by atoms with Crippen LogP contribution in [-0.4, -0.2) is 17.5 Å². The fraction of sp³-hybridized carbons (Fsp3) is 0.0952. The molecule has 8 heteroatoms. The van der Waals surface area contributed by atoms with E-state index in [2.05, 4.69) is 10.3 Å². The van der Waals surface area contributed by atoms with E-state index in [1.807, 2.05) is 24.4 Å². The summed E-state index contributed by atoms with van der Waals surface area (Å²) >= 11 is 7.22. The average Bonchev–Trinajstić information content (AvgIpc) is 3.15. The van der Waals surface area contributed by atoms with E-state index in [0.717, 1.165) is 22.2 Å². The number of carbonyl (C=O) groups excluding carboxylic acids is 1. The van der Waals surface area contributed by atoms with Crippen LogP contribution in [0.15, 0.2) is 63.1 Å². The molecule has 0 spiro atoms. The highest BCUT2D eigenvalue weighted by Gasteiger charge is 2.10. The molecule has 0 aliphatic carbocycles. The topological polar surface area (TPSA) is 81.4 Å². The fourth-order valence-corrected chi connectivity index (χ4v) is 3.65. The van der Waals surface area contributed by atoms with Crippen molar-refractivity contribution in [3.63, 3.8) is 0 Å². The maximum atomic E-state index is 12.2. The Balaban J connectivity index is 1.40. The van der Waals surface area contributed by atoms with Gasteiger partial charge in [0.1, 0.15) is 11.3 Å². The summed E-state index contributed by atoms with van der Waals surface area (Å²) in [6, 6.07) is 13.9. The quantitative estimate of drug-likeness (QED) is 0.459. The summed E-state index contributed by atoms with van der Waals surface area (Å²) in [6.45, 7) is 1.64. The molecule has 0 unspecified atom stereocenters. The highest BCUT2D eigenvalue weighted by atomic mass is 35.5. The van der Waals surface area contributed by atoms with Crippen molar-refractivity contribution >= 4 is 44.9 Å². The molecule has 146 valence electrons. The van der Waals surface area contributed by atoms with Crippen LogP contribution in [0.3, 0.4) is 0 Å². The van der Waals surface area contributed by atoms with Gasteiger partial charge < -0.3 is 9.15 Å². The van der Waals surface area contributed by atoms with E-state index in [1.165, 1.54) is 17.4 Å². The third-order valence-corrected chi connectivity index (χ3v) is 5.19. The van der Waals surface area contributed by atoms with Gasteiger partial charge in [-0.25, -0.2) is 9.78 Å². The summed E-state index contributed by atoms with van der Waals surface area (Å²) in [5, 5.41) is 6.51. The number of benzene rings is 2. The van der Waals surface area contributed by atoms with Gasteiger partial charge in [-0.3, -0.25) is 10.1 Å². The van der Waals surface area contributed by atoms with Gasteiger partial charge in [-0.1, -0.05) is 23.7 Å². The normalized spacial score (nSPS) is 10.8. The molecule has 0 saturated carbocycles. The summed E-state index contributed by atoms with van der Waals surface area (Å²) in [7, 11) is 0. The Labute approximate surface area is 174 Å². The second-order valence-corrected chi connectivity index (χ2v) is 7.58. The molecule has 0 radical (unpaired) electrons. The van der Waals surface area contributed by atoms with Gasteiger partial charge in [0.25, 0.3) is 5.91 Å². The lowest BCUT2D eigenvalue weighted by Gasteiger charge is -2.07. The van der Waals surface area contributed by atoms with Crippen molar-refractivity contribution in [1.29, 1.82) is 0 Å². The molecule has 1 amide bonds. The second kappa shape index (κ2) is 8.06. The van der Waals surface area contributed by atoms with Crippen molar-refractivity contribution in [3.8, 4) is 17.0 Å². The van der Waals surface area contributed by atoms with Crippen LogP contribution in [0.1, 0.15) is 5.56 Å². The molecular formula is C21H15ClN2O4S. The molecule has 2 aromatic carbocycles. The van der Waals surface area contributed by atoms with Crippen molar-refractivity contribution in [2.75, 3.05) is 11.9 Å². The Hall–Kier alpha value is -3.16. The molecule has 6 nitrogen and oxygen atoms in total. The first kappa shape index (κ1) is 19.2. The van der Waals surface area contributed by atoms with Crippen molar-refractivity contribution in [3.05, 3.63) is 74.9 Å². The molecule has 4 aromatic rings. The molecule has 4 rings (SSSR count). The van der Waals surface area contributed by atoms with Gasteiger partial charge in [0, 0.05) is 33.5 Å². The molecule has 0 bridgehead atoms. The van der Waals surface area contributed by atoms with Crippen LogP contribution in [0.4, 0.5) is 5.13 Å². The van der Waals surface area contributed by atoms with Gasteiger partial charge >= 0.3 is 5.63 Å². The number of hydrogen-bond acceptors (Lipinski definition) is 6. The van der Waals surface area contributed by atoms with Crippen LogP contribution in [-0.2, 0) is 4.79 Å². The number of carbonyl (C=O) groups is 1. The zero-order valence-corrected chi connectivity index (χ0v) is 16.8. The zero-order valence-electron chi connectivity index (χ0n) is 15.3. The molecule has 0 aliphatic heterocycles. The Kier molecular flexibility index (Phi) is 5.33. The standard InChI is InChI=1S/C21H15ClN2O4S/c1-12-8-20(26)28-18-9-15(6-7-16(12)18)27-10-19(25)24-21-23-17(11-29-21)13-2-4-14(22)5-3-13/h2-9,11H,10H2,1H3,(H,23,24,25). The van der Waals surface area contributed by atoms with Crippen molar-refractivity contribution < 1.29 is 13.9 Å². The summed E-state index contributed by atoms with van der Waals surface area (Å²) in [4.78, 5) is 28.1. The first-order valence-electron chi connectivity index (χ1n) is 8.66. The minimum absolute atomic E-state index is 0.197. The van der Waals surface area contributed by atoms with Crippen LogP contribution in [0.25, 0.3) is 22.2 Å². The number of anilines is 1. The SMILES string of the molecule is Cc1cc(=O)oc2cc(OCC(=O)Nc3nc(-c4ccc(Cl)cc4)cs3)ccc12. The Morgan fingerprint density at radius 2 is 2.00 bits per heavy atom. The molecule has 2 aromatic heterocycles. The van der Waals surface area contributed by atoms with Gasteiger partial charge in [0.15, 0.2) is 11.7 Å². The van der Waals surface area contributed by atoms with Gasteiger partial charge in [-0.05, 0) is 36.8 Å². The number of nitrogens with one attached hydrogen (secondary N) is 1. The molecule has 0 fully saturated rings. The summed E-state index contributed by atoms with van der Waals surface area (Å²) in [5.74, 6) is 0.0928. The van der Waals surface area contributed by atoms with Gasteiger partial charge in [-0.15, -0.1) is 11.3 Å². The number of ether oxygens (including phenoxy) is 1. The van der Waals surface area contributed by atoms with E-state index < -0.39 is 5.63 Å². The average molecular weight is 427 g/mol. The maximum Gasteiger partial charge on any atom is 0.336 e. The molecule has 2 heterocycles. The molecule has 1 N–H and O–H groups in total. The maximum absolute atomic E-state index is 12.2. The number of amides is 1. The summed E-state index contributed by atoms with van der Waals surface area (Å²) in [5.41, 5.74) is 2.48. The molecule has 0 aliphatic rings. The molecule has 0 saturated heterocycles. The highest BCUT2D eigenvalue weighted by molar-refractivity contribution is 7.14. The van der Waals surface area contributed by atoms with Crippen molar-refractivity contribution in [2.24, 2.45) is 0 Å². The van der Waals surface area contributed by atoms with E-state index in [0.29, 0.717) is 21.5 Å². The first-order chi connectivity index (χ1) is 14.0. The Morgan fingerprint density at radius 1 is 1.21 bits per heavy atom. The van der Waals surface area contributed by atoms with Crippen LogP contribution in [0.5, 0.6) is 5.75 Å². The predicted octanol–water partition coefficient (Wildman–Crippen LogP) is 4.90. The number of rotatable bonds is 5. The summed E-state index contributed by atoms with van der Waals surface area (Å²) < 4.78 is 10.7. The Bertz CT molecular complexity index is 1250. The fourth-order valence-electron chi connectivity index (χ4n) is 2.78. The smallest absolute Gasteiger partial charge is 0.336 e. The highest BCUT2D eigenvalue weighted by Crippen LogP contribution is 2.26. The lowest BCUT2D eigenvalue weighted by atomic mass is 10.1. The second-order valence-electron chi connectivity index (χ2n) is 6.29. The zero-order chi connectivity index (χ0) is 20.4. The van der Waals surface area contributed by atoms with E-state index in [-0.39, 0.29) is 12.5 Å². The van der Waals surface area contributed by atoms with Gasteiger partial charge in [0.05, 0.1) is 5.69 Å². The van der Waals surface area contributed by atoms with Crippen LogP contribution in [0, 0.1) is 6.92 Å². The predicted molar refractivity (Wildman–Crippen MR) is 114 cm³/mol. The molecular weight excluding hydrogens is 412 g/mol. The number of aromatic nitrogens is 1. The number of thiazole rings is 1. The van der Waals surface area contributed by atoms with Crippen LogP contribution >= 0.6 is 22.9 Å². The lowest BCUT2D eigenvalue weighted by molar-refractivity contribution is -0.118. The number of nitrogens with zero attached hydrogens (tertiary/aromatic N) is 1. The lowest BCUT2D eigenvalue weighted by Crippen LogP contribution is -2.20. The van der Waals surface area contributed by atoms with E-state index >= 15 is 0 Å². The number of fused-ring (bicyclic) bond motifs is 1. The van der Waals surface area contributed by atoms with Gasteiger partial charge in [-0.2, -0.15) is 0 Å². The first-order valence-corrected chi connectivity index (χ1v) is 9.92. The monoisotopic (exact) mass is 426 g/mol. The Morgan fingerprint density at radius 3 is 2.79 bits per heavy atom. The number of hydrogen-bond donors (Lipinski definition) is 1. The van der Waals surface area contributed by atoms with E-state index in [9.17, 15) is 9.59 Å². The minimum atomic E-state index is -0.426. The third-order valence-electron chi connectivity index (χ3n) is 4.18. The van der Waals surface area contributed by atoms with Crippen molar-refractivity contribution in [2.45, 2.75) is 6.92 Å². The van der Waals surface area contributed by atoms with E-state index in [1.54, 1.807) is 30.3 Å². The largest absolute Gasteiger partial charge is 0.484 e. The van der Waals surface area contributed by atoms with Crippen molar-refractivity contribution in [1.82, 2.24) is 4.98 Å². The number of aryl methyl sites for hydroxylation is 1. The van der Waals surface area contributed by atoms with Crippen LogP contribution in [0.2, 0.25) is 5.02 Å². The van der Waals surface area contributed by atoms with Crippen LogP contribution < -0.4 is 15.7 Å². The van der Waals surface area contributed by atoms with Gasteiger partial charge in [0.2, 0.25) is 0 Å². The molecule has 0 atom stereocenters. The third kappa shape index (κ3) is 4.47. The number of halogens is 1. The minimum Gasteiger partial charge on any atom is -0.484 e.